The lowest BCUT2D eigenvalue weighted by Gasteiger charge is -2.50. The Morgan fingerprint density at radius 2 is 1.96 bits per heavy atom. The van der Waals surface area contributed by atoms with E-state index in [0.717, 1.165) is 62.3 Å². The zero-order chi connectivity index (χ0) is 19.1. The van der Waals surface area contributed by atoms with Crippen LogP contribution in [-0.2, 0) is 16.8 Å². The van der Waals surface area contributed by atoms with Crippen molar-refractivity contribution in [1.29, 1.82) is 0 Å². The summed E-state index contributed by atoms with van der Waals surface area (Å²) in [4.78, 5) is 5.95. The molecule has 0 atom stereocenters. The molecule has 1 saturated carbocycles. The summed E-state index contributed by atoms with van der Waals surface area (Å²) in [5.74, 6) is -0.177. The number of unbranched alkanes of at least 4 members (excludes halogenated alkanes) is 1. The van der Waals surface area contributed by atoms with Crippen molar-refractivity contribution < 1.29 is 14.2 Å². The van der Waals surface area contributed by atoms with E-state index < -0.39 is 0 Å². The van der Waals surface area contributed by atoms with E-state index in [0.29, 0.717) is 6.61 Å². The number of benzene rings is 1. The summed E-state index contributed by atoms with van der Waals surface area (Å²) >= 11 is 0. The van der Waals surface area contributed by atoms with Crippen LogP contribution in [-0.4, -0.2) is 47.8 Å². The van der Waals surface area contributed by atoms with Crippen LogP contribution in [0, 0.1) is 5.82 Å². The summed E-state index contributed by atoms with van der Waals surface area (Å²) in [7, 11) is 4.35. The monoisotopic (exact) mass is 374 g/mol. The Labute approximate surface area is 160 Å². The number of aliphatic hydroxyl groups is 1. The van der Waals surface area contributed by atoms with Crippen molar-refractivity contribution in [2.24, 2.45) is 0 Å². The molecule has 1 aliphatic heterocycles. The van der Waals surface area contributed by atoms with Crippen LogP contribution in [0.15, 0.2) is 18.2 Å². The van der Waals surface area contributed by atoms with E-state index in [1.807, 2.05) is 6.07 Å². The number of fused-ring (bicyclic) bond motifs is 4. The fourth-order valence-corrected chi connectivity index (χ4v) is 5.29. The molecule has 4 nitrogen and oxygen atoms in total. The lowest BCUT2D eigenvalue weighted by Crippen LogP contribution is -2.52. The molecule has 2 N–H and O–H groups in total. The lowest BCUT2D eigenvalue weighted by molar-refractivity contribution is -0.113. The first-order valence-electron chi connectivity index (χ1n) is 10.2. The molecule has 1 aromatic heterocycles. The van der Waals surface area contributed by atoms with Crippen molar-refractivity contribution in [2.75, 3.05) is 27.3 Å². The molecule has 1 aliphatic carbocycles. The van der Waals surface area contributed by atoms with E-state index in [1.54, 1.807) is 6.07 Å². The van der Waals surface area contributed by atoms with E-state index in [1.165, 1.54) is 17.3 Å². The molecule has 2 heterocycles. The average Bonchev–Trinajstić information content (AvgIpc) is 3.03. The van der Waals surface area contributed by atoms with Gasteiger partial charge in [0.25, 0.3) is 0 Å². The average molecular weight is 374 g/mol. The standard InChI is InChI=1S/C22H31FN2O2/c1-25(2)21(8-3-4-13-26)9-11-22(12-10-21)20-17(7-14-27-22)18-15-16(23)5-6-19(18)24-20/h5-6,15,24,26H,3-4,7-14H2,1-2H3. The molecule has 2 aliphatic rings. The van der Waals surface area contributed by atoms with E-state index in [2.05, 4.69) is 24.0 Å². The summed E-state index contributed by atoms with van der Waals surface area (Å²) in [5.41, 5.74) is 3.35. The van der Waals surface area contributed by atoms with Crippen LogP contribution < -0.4 is 0 Å². The van der Waals surface area contributed by atoms with Crippen molar-refractivity contribution >= 4 is 10.9 Å². The Kier molecular flexibility index (Phi) is 5.04. The molecule has 0 bridgehead atoms. The maximum Gasteiger partial charge on any atom is 0.123 e. The Morgan fingerprint density at radius 3 is 2.67 bits per heavy atom. The van der Waals surface area contributed by atoms with Gasteiger partial charge in [0.05, 0.1) is 12.3 Å². The van der Waals surface area contributed by atoms with Gasteiger partial charge in [-0.25, -0.2) is 4.39 Å². The fraction of sp³-hybridized carbons (Fsp3) is 0.636. The van der Waals surface area contributed by atoms with Crippen molar-refractivity contribution in [1.82, 2.24) is 9.88 Å². The third-order valence-electron chi connectivity index (χ3n) is 7.04. The molecule has 0 saturated heterocycles. The molecule has 5 heteroatoms. The molecule has 0 unspecified atom stereocenters. The predicted octanol–water partition coefficient (Wildman–Crippen LogP) is 4.11. The number of rotatable bonds is 5. The van der Waals surface area contributed by atoms with E-state index in [4.69, 9.17) is 9.84 Å². The first kappa shape index (κ1) is 18.9. The lowest BCUT2D eigenvalue weighted by atomic mass is 9.69. The highest BCUT2D eigenvalue weighted by Crippen LogP contribution is 2.50. The minimum absolute atomic E-state index is 0.177. The summed E-state index contributed by atoms with van der Waals surface area (Å²) < 4.78 is 20.2. The van der Waals surface area contributed by atoms with Gasteiger partial charge < -0.3 is 19.7 Å². The topological polar surface area (TPSA) is 48.5 Å². The molecular formula is C22H31FN2O2. The van der Waals surface area contributed by atoms with Crippen molar-refractivity contribution in [3.63, 3.8) is 0 Å². The molecule has 0 amide bonds. The Balaban J connectivity index is 1.62. The number of nitrogens with one attached hydrogen (secondary N) is 1. The molecule has 2 aromatic rings. The second kappa shape index (κ2) is 7.19. The van der Waals surface area contributed by atoms with Gasteiger partial charge in [0.15, 0.2) is 0 Å². The number of hydrogen-bond donors (Lipinski definition) is 2. The minimum atomic E-state index is -0.264. The fourth-order valence-electron chi connectivity index (χ4n) is 5.29. The summed E-state index contributed by atoms with van der Waals surface area (Å²) in [6.45, 7) is 0.974. The zero-order valence-electron chi connectivity index (χ0n) is 16.5. The molecule has 4 rings (SSSR count). The van der Waals surface area contributed by atoms with Gasteiger partial charge in [-0.2, -0.15) is 0 Å². The highest BCUT2D eigenvalue weighted by atomic mass is 19.1. The number of halogens is 1. The first-order valence-corrected chi connectivity index (χ1v) is 10.2. The Bertz CT molecular complexity index is 806. The molecule has 27 heavy (non-hydrogen) atoms. The van der Waals surface area contributed by atoms with E-state index in [9.17, 15) is 4.39 Å². The van der Waals surface area contributed by atoms with Crippen LogP contribution in [0.3, 0.4) is 0 Å². The highest BCUT2D eigenvalue weighted by Gasteiger charge is 2.48. The predicted molar refractivity (Wildman–Crippen MR) is 105 cm³/mol. The molecule has 0 radical (unpaired) electrons. The number of aromatic amines is 1. The highest BCUT2D eigenvalue weighted by molar-refractivity contribution is 5.85. The van der Waals surface area contributed by atoms with Gasteiger partial charge in [-0.3, -0.25) is 0 Å². The normalized spacial score (nSPS) is 28.2. The quantitative estimate of drug-likeness (QED) is 0.774. The van der Waals surface area contributed by atoms with Gasteiger partial charge in [0.2, 0.25) is 0 Å². The second-order valence-corrected chi connectivity index (χ2v) is 8.56. The number of nitrogens with zero attached hydrogens (tertiary/aromatic N) is 1. The maximum absolute atomic E-state index is 13.8. The van der Waals surface area contributed by atoms with Crippen molar-refractivity contribution in [2.45, 2.75) is 62.5 Å². The van der Waals surface area contributed by atoms with Crippen LogP contribution in [0.25, 0.3) is 10.9 Å². The minimum Gasteiger partial charge on any atom is -0.396 e. The van der Waals surface area contributed by atoms with Crippen LogP contribution >= 0.6 is 0 Å². The first-order chi connectivity index (χ1) is 13.0. The number of H-pyrrole nitrogens is 1. The second-order valence-electron chi connectivity index (χ2n) is 8.56. The number of aliphatic hydroxyl groups excluding tert-OH is 1. The third-order valence-corrected chi connectivity index (χ3v) is 7.04. The molecule has 1 aromatic carbocycles. The van der Waals surface area contributed by atoms with Crippen molar-refractivity contribution in [3.05, 3.63) is 35.3 Å². The van der Waals surface area contributed by atoms with Crippen LogP contribution in [0.4, 0.5) is 4.39 Å². The smallest absolute Gasteiger partial charge is 0.123 e. The van der Waals surface area contributed by atoms with Crippen molar-refractivity contribution in [3.8, 4) is 0 Å². The molecule has 1 spiro atoms. The SMILES string of the molecule is CN(C)C1(CCCCO)CCC2(CC1)OCCc1c2[nH]c2ccc(F)cc12. The number of hydrogen-bond acceptors (Lipinski definition) is 3. The van der Waals surface area contributed by atoms with Gasteiger partial charge in [0.1, 0.15) is 11.4 Å². The largest absolute Gasteiger partial charge is 0.396 e. The van der Waals surface area contributed by atoms with Crippen LogP contribution in [0.5, 0.6) is 0 Å². The van der Waals surface area contributed by atoms with Gasteiger partial charge >= 0.3 is 0 Å². The van der Waals surface area contributed by atoms with Crippen LogP contribution in [0.1, 0.15) is 56.2 Å². The number of ether oxygens (including phenoxy) is 1. The zero-order valence-corrected chi connectivity index (χ0v) is 16.5. The molecular weight excluding hydrogens is 343 g/mol. The van der Waals surface area contributed by atoms with Gasteiger partial charge in [-0.15, -0.1) is 0 Å². The summed E-state index contributed by atoms with van der Waals surface area (Å²) in [5, 5.41) is 10.2. The Morgan fingerprint density at radius 1 is 1.19 bits per heavy atom. The maximum atomic E-state index is 13.8. The van der Waals surface area contributed by atoms with Gasteiger partial charge in [-0.05, 0) is 89.2 Å². The summed E-state index contributed by atoms with van der Waals surface area (Å²) in [6.07, 6.45) is 7.99. The number of aromatic nitrogens is 1. The van der Waals surface area contributed by atoms with E-state index >= 15 is 0 Å². The van der Waals surface area contributed by atoms with Crippen LogP contribution in [0.2, 0.25) is 0 Å². The van der Waals surface area contributed by atoms with Gasteiger partial charge in [0, 0.05) is 23.0 Å². The third kappa shape index (κ3) is 3.20. The molecule has 1 fully saturated rings. The Hall–Kier alpha value is -1.43. The summed E-state index contributed by atoms with van der Waals surface area (Å²) in [6, 6.07) is 5.03. The molecule has 148 valence electrons. The van der Waals surface area contributed by atoms with Gasteiger partial charge in [-0.1, -0.05) is 0 Å². The van der Waals surface area contributed by atoms with E-state index in [-0.39, 0.29) is 23.6 Å².